The molecule has 0 saturated carbocycles. The Bertz CT molecular complexity index is 626. The van der Waals surface area contributed by atoms with Gasteiger partial charge >= 0.3 is 0 Å². The Morgan fingerprint density at radius 1 is 1.19 bits per heavy atom. The minimum Gasteiger partial charge on any atom is -0.341 e. The van der Waals surface area contributed by atoms with E-state index in [9.17, 15) is 4.79 Å². The van der Waals surface area contributed by atoms with E-state index in [1.54, 1.807) is 0 Å². The molecule has 1 aromatic carbocycles. The normalized spacial score (nSPS) is 15.6. The maximum Gasteiger partial charge on any atom is 0.242 e. The number of carbonyl (C=O) groups is 1. The molecule has 112 valence electrons. The highest BCUT2D eigenvalue weighted by atomic mass is 16.2. The molecule has 0 spiro atoms. The van der Waals surface area contributed by atoms with Crippen molar-refractivity contribution in [2.45, 2.75) is 32.4 Å². The third-order valence-corrected chi connectivity index (χ3v) is 4.25. The molecule has 0 bridgehead atoms. The lowest BCUT2D eigenvalue weighted by molar-refractivity contribution is -0.132. The van der Waals surface area contributed by atoms with E-state index in [0.717, 1.165) is 32.5 Å². The number of nitrogens with one attached hydrogen (secondary N) is 1. The van der Waals surface area contributed by atoms with Crippen LogP contribution in [0.25, 0.3) is 10.9 Å². The molecule has 3 rings (SSSR count). The van der Waals surface area contributed by atoms with Crippen LogP contribution in [0.4, 0.5) is 0 Å². The van der Waals surface area contributed by atoms with Gasteiger partial charge in [0.2, 0.25) is 5.91 Å². The van der Waals surface area contributed by atoms with Gasteiger partial charge in [0.05, 0.1) is 5.52 Å². The van der Waals surface area contributed by atoms with Crippen LogP contribution in [0.2, 0.25) is 0 Å². The molecular weight excluding hydrogens is 262 g/mol. The first kappa shape index (κ1) is 14.1. The molecule has 1 saturated heterocycles. The van der Waals surface area contributed by atoms with E-state index in [4.69, 9.17) is 0 Å². The lowest BCUT2D eigenvalue weighted by atomic mass is 10.1. The molecule has 0 atom stereocenters. The number of likely N-dealkylation sites (tertiary alicyclic amines) is 1. The van der Waals surface area contributed by atoms with Crippen LogP contribution in [-0.4, -0.2) is 35.5 Å². The Hall–Kier alpha value is -1.81. The monoisotopic (exact) mass is 285 g/mol. The molecule has 0 radical (unpaired) electrons. The minimum absolute atomic E-state index is 0.242. The second-order valence-corrected chi connectivity index (χ2v) is 5.77. The molecule has 1 aliphatic heterocycles. The summed E-state index contributed by atoms with van der Waals surface area (Å²) in [5, 5.41) is 4.40. The number of benzene rings is 1. The zero-order valence-corrected chi connectivity index (χ0v) is 12.6. The number of amides is 1. The van der Waals surface area contributed by atoms with Crippen molar-refractivity contribution in [1.29, 1.82) is 0 Å². The second kappa shape index (κ2) is 6.31. The minimum atomic E-state index is 0.242. The fourth-order valence-electron chi connectivity index (χ4n) is 3.19. The number of carbonyl (C=O) groups excluding carboxylic acids is 1. The van der Waals surface area contributed by atoms with Gasteiger partial charge in [0.25, 0.3) is 0 Å². The molecule has 1 aliphatic rings. The van der Waals surface area contributed by atoms with Crippen LogP contribution in [0, 0.1) is 0 Å². The van der Waals surface area contributed by atoms with Crippen molar-refractivity contribution < 1.29 is 4.79 Å². The highest BCUT2D eigenvalue weighted by molar-refractivity contribution is 5.85. The van der Waals surface area contributed by atoms with Gasteiger partial charge in [0.1, 0.15) is 6.54 Å². The van der Waals surface area contributed by atoms with Crippen LogP contribution in [0.3, 0.4) is 0 Å². The maximum absolute atomic E-state index is 12.5. The Morgan fingerprint density at radius 2 is 2.00 bits per heavy atom. The lowest BCUT2D eigenvalue weighted by Gasteiger charge is -2.27. The molecule has 1 amide bonds. The summed E-state index contributed by atoms with van der Waals surface area (Å²) in [7, 11) is 1.95. The quantitative estimate of drug-likeness (QED) is 0.936. The molecule has 2 aromatic rings. The summed E-state index contributed by atoms with van der Waals surface area (Å²) in [5.41, 5.74) is 2.42. The molecule has 0 aliphatic carbocycles. The van der Waals surface area contributed by atoms with Gasteiger partial charge in [-0.2, -0.15) is 0 Å². The summed E-state index contributed by atoms with van der Waals surface area (Å²) in [6.45, 7) is 3.10. The van der Waals surface area contributed by atoms with E-state index in [1.165, 1.54) is 22.9 Å². The summed E-state index contributed by atoms with van der Waals surface area (Å²) in [6.07, 6.45) is 5.57. The zero-order chi connectivity index (χ0) is 14.7. The third kappa shape index (κ3) is 2.95. The summed E-state index contributed by atoms with van der Waals surface area (Å²) in [5.74, 6) is 0.242. The van der Waals surface area contributed by atoms with Gasteiger partial charge in [-0.05, 0) is 43.3 Å². The Kier molecular flexibility index (Phi) is 4.25. The second-order valence-electron chi connectivity index (χ2n) is 5.77. The van der Waals surface area contributed by atoms with Crippen LogP contribution in [0.5, 0.6) is 0 Å². The van der Waals surface area contributed by atoms with Crippen molar-refractivity contribution in [3.05, 3.63) is 36.0 Å². The molecule has 4 heteroatoms. The number of para-hydroxylation sites is 1. The van der Waals surface area contributed by atoms with Crippen LogP contribution >= 0.6 is 0 Å². The first-order chi connectivity index (χ1) is 10.3. The average Bonchev–Trinajstić information content (AvgIpc) is 2.93. The van der Waals surface area contributed by atoms with Crippen molar-refractivity contribution in [3.63, 3.8) is 0 Å². The van der Waals surface area contributed by atoms with Crippen LogP contribution in [-0.2, 0) is 17.9 Å². The highest BCUT2D eigenvalue weighted by Gasteiger charge is 2.17. The molecule has 4 nitrogen and oxygen atoms in total. The number of piperidine rings is 1. The van der Waals surface area contributed by atoms with Crippen molar-refractivity contribution in [2.24, 2.45) is 0 Å². The van der Waals surface area contributed by atoms with Gasteiger partial charge in [-0.25, -0.2) is 0 Å². The van der Waals surface area contributed by atoms with Crippen LogP contribution in [0.15, 0.2) is 30.5 Å². The van der Waals surface area contributed by atoms with Crippen molar-refractivity contribution >= 4 is 16.8 Å². The van der Waals surface area contributed by atoms with Gasteiger partial charge in [0.15, 0.2) is 0 Å². The van der Waals surface area contributed by atoms with Gasteiger partial charge < -0.3 is 14.8 Å². The Morgan fingerprint density at radius 3 is 2.76 bits per heavy atom. The molecule has 0 unspecified atom stereocenters. The van der Waals surface area contributed by atoms with Crippen molar-refractivity contribution in [1.82, 2.24) is 14.8 Å². The Balaban J connectivity index is 1.84. The smallest absolute Gasteiger partial charge is 0.242 e. The third-order valence-electron chi connectivity index (χ3n) is 4.25. The van der Waals surface area contributed by atoms with E-state index in [0.29, 0.717) is 6.54 Å². The first-order valence-corrected chi connectivity index (χ1v) is 7.78. The number of aromatic nitrogens is 1. The summed E-state index contributed by atoms with van der Waals surface area (Å²) < 4.78 is 2.10. The molecule has 1 aromatic heterocycles. The predicted molar refractivity (Wildman–Crippen MR) is 85.1 cm³/mol. The number of rotatable bonds is 4. The summed E-state index contributed by atoms with van der Waals surface area (Å²) in [4.78, 5) is 14.5. The molecule has 21 heavy (non-hydrogen) atoms. The number of fused-ring (bicyclic) bond motifs is 1. The molecule has 2 heterocycles. The average molecular weight is 285 g/mol. The SMILES string of the molecule is CNCc1cccc2ccn(CC(=O)N3CCCCC3)c12. The molecular formula is C17H23N3O. The van der Waals surface area contributed by atoms with E-state index < -0.39 is 0 Å². The number of nitrogens with zero attached hydrogens (tertiary/aromatic N) is 2. The number of hydrogen-bond acceptors (Lipinski definition) is 2. The lowest BCUT2D eigenvalue weighted by Crippen LogP contribution is -2.37. The topological polar surface area (TPSA) is 37.3 Å². The molecule has 1 N–H and O–H groups in total. The number of hydrogen-bond donors (Lipinski definition) is 1. The zero-order valence-electron chi connectivity index (χ0n) is 12.6. The van der Waals surface area contributed by atoms with Gasteiger partial charge in [0, 0.05) is 25.8 Å². The maximum atomic E-state index is 12.5. The van der Waals surface area contributed by atoms with E-state index in [2.05, 4.69) is 34.1 Å². The van der Waals surface area contributed by atoms with E-state index in [1.807, 2.05) is 18.1 Å². The van der Waals surface area contributed by atoms with Gasteiger partial charge in [-0.3, -0.25) is 4.79 Å². The van der Waals surface area contributed by atoms with Gasteiger partial charge in [-0.1, -0.05) is 18.2 Å². The summed E-state index contributed by atoms with van der Waals surface area (Å²) >= 11 is 0. The largest absolute Gasteiger partial charge is 0.341 e. The highest BCUT2D eigenvalue weighted by Crippen LogP contribution is 2.21. The van der Waals surface area contributed by atoms with Crippen molar-refractivity contribution in [3.8, 4) is 0 Å². The Labute approximate surface area is 125 Å². The fourth-order valence-corrected chi connectivity index (χ4v) is 3.19. The van der Waals surface area contributed by atoms with Crippen LogP contribution in [0.1, 0.15) is 24.8 Å². The molecule has 1 fully saturated rings. The first-order valence-electron chi connectivity index (χ1n) is 7.78. The van der Waals surface area contributed by atoms with Crippen LogP contribution < -0.4 is 5.32 Å². The summed E-state index contributed by atoms with van der Waals surface area (Å²) in [6, 6.07) is 8.40. The van der Waals surface area contributed by atoms with Gasteiger partial charge in [-0.15, -0.1) is 0 Å². The fraction of sp³-hybridized carbons (Fsp3) is 0.471. The predicted octanol–water partition coefficient (Wildman–Crippen LogP) is 2.37. The van der Waals surface area contributed by atoms with Crippen molar-refractivity contribution in [2.75, 3.05) is 20.1 Å². The van der Waals surface area contributed by atoms with E-state index in [-0.39, 0.29) is 5.91 Å². The standard InChI is InChI=1S/C17H23N3O/c1-18-12-15-7-5-6-14-8-11-20(17(14)15)13-16(21)19-9-3-2-4-10-19/h5-8,11,18H,2-4,9-10,12-13H2,1H3. The van der Waals surface area contributed by atoms with E-state index >= 15 is 0 Å².